The molecular weight excluding hydrogens is 282 g/mol. The van der Waals surface area contributed by atoms with Crippen molar-refractivity contribution in [2.45, 2.75) is 24.6 Å². The summed E-state index contributed by atoms with van der Waals surface area (Å²) < 4.78 is 12.6. The van der Waals surface area contributed by atoms with E-state index in [-0.39, 0.29) is 5.75 Å². The van der Waals surface area contributed by atoms with Gasteiger partial charge in [0.1, 0.15) is 11.1 Å². The van der Waals surface area contributed by atoms with Crippen molar-refractivity contribution in [3.05, 3.63) is 58.3 Å². The van der Waals surface area contributed by atoms with E-state index in [0.717, 1.165) is 11.3 Å². The Balaban J connectivity index is 2.43. The molecule has 104 valence electrons. The molecule has 0 bridgehead atoms. The lowest BCUT2D eigenvalue weighted by atomic mass is 10.1. The maximum Gasteiger partial charge on any atom is 0.145 e. The Labute approximate surface area is 126 Å². The van der Waals surface area contributed by atoms with Gasteiger partial charge in [-0.05, 0) is 37.1 Å². The van der Waals surface area contributed by atoms with Crippen LogP contribution < -0.4 is 0 Å². The fourth-order valence-corrected chi connectivity index (χ4v) is 3.42. The van der Waals surface area contributed by atoms with Crippen molar-refractivity contribution >= 4 is 10.8 Å². The Kier molecular flexibility index (Phi) is 4.47. The van der Waals surface area contributed by atoms with Crippen molar-refractivity contribution in [2.75, 3.05) is 0 Å². The van der Waals surface area contributed by atoms with Crippen LogP contribution in [0.5, 0.6) is 0 Å². The summed E-state index contributed by atoms with van der Waals surface area (Å²) in [6, 6.07) is 13.0. The highest BCUT2D eigenvalue weighted by atomic mass is 32.2. The van der Waals surface area contributed by atoms with Crippen LogP contribution in [0.2, 0.25) is 0 Å². The van der Waals surface area contributed by atoms with E-state index in [0.29, 0.717) is 21.7 Å². The second kappa shape index (κ2) is 6.30. The average molecular weight is 295 g/mol. The molecule has 2 rings (SSSR count). The summed E-state index contributed by atoms with van der Waals surface area (Å²) in [4.78, 5) is 4.25. The zero-order chi connectivity index (χ0) is 15.4. The molecular formula is C16H13N3OS. The molecule has 0 fully saturated rings. The lowest BCUT2D eigenvalue weighted by Crippen LogP contribution is -2.06. The molecule has 0 aliphatic carbocycles. The average Bonchev–Trinajstić information content (AvgIpc) is 2.47. The number of benzene rings is 1. The third-order valence-electron chi connectivity index (χ3n) is 3.06. The van der Waals surface area contributed by atoms with Gasteiger partial charge in [-0.2, -0.15) is 10.5 Å². The topological polar surface area (TPSA) is 77.5 Å². The van der Waals surface area contributed by atoms with E-state index in [9.17, 15) is 9.47 Å². The van der Waals surface area contributed by atoms with Gasteiger partial charge in [-0.1, -0.05) is 18.2 Å². The maximum absolute atomic E-state index is 12.6. The predicted molar refractivity (Wildman–Crippen MR) is 79.7 cm³/mol. The van der Waals surface area contributed by atoms with Crippen molar-refractivity contribution in [1.29, 1.82) is 10.5 Å². The van der Waals surface area contributed by atoms with E-state index in [1.807, 2.05) is 0 Å². The highest BCUT2D eigenvalue weighted by Crippen LogP contribution is 2.20. The molecule has 1 heterocycles. The lowest BCUT2D eigenvalue weighted by molar-refractivity contribution is 0.679. The minimum Gasteiger partial charge on any atom is -0.252 e. The molecule has 0 N–H and O–H groups in total. The van der Waals surface area contributed by atoms with Crippen LogP contribution in [-0.2, 0) is 16.6 Å². The fraction of sp³-hybridized carbons (Fsp3) is 0.188. The molecule has 0 aliphatic rings. The van der Waals surface area contributed by atoms with E-state index in [2.05, 4.69) is 17.1 Å². The first-order valence-corrected chi connectivity index (χ1v) is 7.63. The summed E-state index contributed by atoms with van der Waals surface area (Å²) in [5, 5.41) is 18.6. The molecule has 5 heteroatoms. The number of pyridine rings is 1. The Morgan fingerprint density at radius 2 is 1.90 bits per heavy atom. The summed E-state index contributed by atoms with van der Waals surface area (Å²) in [6.07, 6.45) is 0. The van der Waals surface area contributed by atoms with Crippen molar-refractivity contribution in [3.8, 4) is 12.1 Å². The highest BCUT2D eigenvalue weighted by molar-refractivity contribution is 7.84. The van der Waals surface area contributed by atoms with Gasteiger partial charge in [0.25, 0.3) is 0 Å². The van der Waals surface area contributed by atoms with Crippen molar-refractivity contribution in [2.24, 2.45) is 0 Å². The first kappa shape index (κ1) is 14.9. The van der Waals surface area contributed by atoms with E-state index < -0.39 is 10.8 Å². The van der Waals surface area contributed by atoms with Gasteiger partial charge in [0, 0.05) is 5.69 Å². The van der Waals surface area contributed by atoms with Gasteiger partial charge in [-0.25, -0.2) is 4.98 Å². The van der Waals surface area contributed by atoms with Crippen LogP contribution in [-0.4, -0.2) is 9.19 Å². The summed E-state index contributed by atoms with van der Waals surface area (Å²) >= 11 is 0. The highest BCUT2D eigenvalue weighted by Gasteiger charge is 2.16. The molecule has 1 aromatic carbocycles. The van der Waals surface area contributed by atoms with Crippen molar-refractivity contribution in [1.82, 2.24) is 4.98 Å². The molecule has 1 unspecified atom stereocenters. The largest absolute Gasteiger partial charge is 0.252 e. The Hall–Kier alpha value is -2.50. The molecule has 0 saturated heterocycles. The van der Waals surface area contributed by atoms with Crippen molar-refractivity contribution in [3.63, 3.8) is 0 Å². The molecule has 21 heavy (non-hydrogen) atoms. The minimum absolute atomic E-state index is 0.175. The molecule has 1 atom stereocenters. The molecule has 4 nitrogen and oxygen atoms in total. The van der Waals surface area contributed by atoms with E-state index in [1.54, 1.807) is 44.2 Å². The zero-order valence-corrected chi connectivity index (χ0v) is 12.6. The van der Waals surface area contributed by atoms with Crippen LogP contribution in [0.4, 0.5) is 0 Å². The monoisotopic (exact) mass is 295 g/mol. The van der Waals surface area contributed by atoms with Crippen LogP contribution in [0.25, 0.3) is 0 Å². The number of nitriles is 2. The number of rotatable bonds is 3. The zero-order valence-electron chi connectivity index (χ0n) is 11.8. The summed E-state index contributed by atoms with van der Waals surface area (Å²) in [6.45, 7) is 3.61. The lowest BCUT2D eigenvalue weighted by Gasteiger charge is -2.08. The fourth-order valence-electron chi connectivity index (χ4n) is 2.07. The van der Waals surface area contributed by atoms with Gasteiger partial charge in [0.05, 0.1) is 33.7 Å². The number of aromatic nitrogens is 1. The molecule has 0 aliphatic heterocycles. The number of aryl methyl sites for hydroxylation is 2. The Morgan fingerprint density at radius 3 is 2.57 bits per heavy atom. The summed E-state index contributed by atoms with van der Waals surface area (Å²) in [5.74, 6) is 0.175. The smallest absolute Gasteiger partial charge is 0.145 e. The minimum atomic E-state index is -1.46. The first-order valence-electron chi connectivity index (χ1n) is 6.31. The second-order valence-electron chi connectivity index (χ2n) is 4.63. The molecule has 1 aromatic heterocycles. The van der Waals surface area contributed by atoms with Gasteiger partial charge in [-0.3, -0.25) is 4.21 Å². The standard InChI is InChI=1S/C16H13N3OS/c1-11-7-12(2)19-16(15(11)9-18)21(20)10-14-6-4-3-5-13(14)8-17/h3-7H,10H2,1-2H3. The van der Waals surface area contributed by atoms with Crippen LogP contribution in [0, 0.1) is 36.5 Å². The van der Waals surface area contributed by atoms with Gasteiger partial charge in [0.15, 0.2) is 0 Å². The van der Waals surface area contributed by atoms with Crippen LogP contribution >= 0.6 is 0 Å². The van der Waals surface area contributed by atoms with Gasteiger partial charge in [0.2, 0.25) is 0 Å². The quantitative estimate of drug-likeness (QED) is 0.872. The third-order valence-corrected chi connectivity index (χ3v) is 4.36. The Bertz CT molecular complexity index is 800. The third kappa shape index (κ3) is 3.16. The van der Waals surface area contributed by atoms with E-state index >= 15 is 0 Å². The number of nitrogens with zero attached hydrogens (tertiary/aromatic N) is 3. The summed E-state index contributed by atoms with van der Waals surface area (Å²) in [7, 11) is -1.46. The normalized spacial score (nSPS) is 11.4. The second-order valence-corrected chi connectivity index (χ2v) is 6.00. The van der Waals surface area contributed by atoms with Gasteiger partial charge < -0.3 is 0 Å². The van der Waals surface area contributed by atoms with Crippen LogP contribution in [0.1, 0.15) is 27.9 Å². The van der Waals surface area contributed by atoms with Crippen LogP contribution in [0.3, 0.4) is 0 Å². The maximum atomic E-state index is 12.6. The molecule has 0 saturated carbocycles. The predicted octanol–water partition coefficient (Wildman–Crippen LogP) is 2.75. The molecule has 0 radical (unpaired) electrons. The van der Waals surface area contributed by atoms with Crippen LogP contribution in [0.15, 0.2) is 35.4 Å². The SMILES string of the molecule is Cc1cc(C)c(C#N)c(S(=O)Cc2ccccc2C#N)n1. The van der Waals surface area contributed by atoms with E-state index in [4.69, 9.17) is 5.26 Å². The summed E-state index contributed by atoms with van der Waals surface area (Å²) in [5.41, 5.74) is 3.04. The molecule has 0 amide bonds. The molecule has 2 aromatic rings. The van der Waals surface area contributed by atoms with Crippen molar-refractivity contribution < 1.29 is 4.21 Å². The molecule has 0 spiro atoms. The van der Waals surface area contributed by atoms with E-state index in [1.165, 1.54) is 0 Å². The van der Waals surface area contributed by atoms with Gasteiger partial charge >= 0.3 is 0 Å². The number of hydrogen-bond acceptors (Lipinski definition) is 4. The van der Waals surface area contributed by atoms with Gasteiger partial charge in [-0.15, -0.1) is 0 Å². The number of hydrogen-bond donors (Lipinski definition) is 0. The first-order chi connectivity index (χ1) is 10.1. The Morgan fingerprint density at radius 1 is 1.19 bits per heavy atom.